The topological polar surface area (TPSA) is 37.8 Å². The molecule has 16 heavy (non-hydrogen) atoms. The quantitative estimate of drug-likeness (QED) is 0.827. The Hall–Kier alpha value is -0.610. The highest BCUT2D eigenvalue weighted by atomic mass is 32.2. The van der Waals surface area contributed by atoms with Gasteiger partial charge in [0.05, 0.1) is 11.4 Å². The monoisotopic (exact) mass is 239 g/mol. The van der Waals surface area contributed by atoms with Crippen LogP contribution in [0.3, 0.4) is 0 Å². The molecule has 0 aliphatic rings. The minimum Gasteiger partial charge on any atom is -0.314 e. The van der Waals surface area contributed by atoms with Crippen LogP contribution in [0.25, 0.3) is 0 Å². The number of thioether (sulfide) groups is 1. The number of aromatic nitrogens is 2. The summed E-state index contributed by atoms with van der Waals surface area (Å²) in [4.78, 5) is 8.98. The number of rotatable bonds is 6. The van der Waals surface area contributed by atoms with E-state index in [2.05, 4.69) is 29.1 Å². The van der Waals surface area contributed by atoms with Crippen molar-refractivity contribution in [1.82, 2.24) is 15.3 Å². The van der Waals surface area contributed by atoms with E-state index in [-0.39, 0.29) is 0 Å². The number of hydrogen-bond donors (Lipinski definition) is 1. The summed E-state index contributed by atoms with van der Waals surface area (Å²) in [5.74, 6) is 3.76. The van der Waals surface area contributed by atoms with Crippen LogP contribution in [0.4, 0.5) is 0 Å². The van der Waals surface area contributed by atoms with E-state index >= 15 is 0 Å². The Morgan fingerprint density at radius 3 is 2.75 bits per heavy atom. The molecule has 0 aromatic carbocycles. The second-order valence-corrected chi connectivity index (χ2v) is 5.39. The molecule has 4 heteroatoms. The van der Waals surface area contributed by atoms with Gasteiger partial charge >= 0.3 is 0 Å². The molecule has 90 valence electrons. The summed E-state index contributed by atoms with van der Waals surface area (Å²) in [5.41, 5.74) is 2.13. The van der Waals surface area contributed by atoms with Crippen molar-refractivity contribution in [1.29, 1.82) is 0 Å². The average molecular weight is 239 g/mol. The van der Waals surface area contributed by atoms with Gasteiger partial charge in [-0.25, -0.2) is 9.97 Å². The molecule has 3 nitrogen and oxygen atoms in total. The molecular formula is C12H21N3S. The van der Waals surface area contributed by atoms with Crippen molar-refractivity contribution in [3.05, 3.63) is 23.3 Å². The SMILES string of the molecule is CNCc1cc(C)nc(CSCC(C)C)n1. The van der Waals surface area contributed by atoms with Gasteiger partial charge in [0.2, 0.25) is 0 Å². The van der Waals surface area contributed by atoms with Crippen molar-refractivity contribution in [3.63, 3.8) is 0 Å². The molecular weight excluding hydrogens is 218 g/mol. The highest BCUT2D eigenvalue weighted by molar-refractivity contribution is 7.98. The molecule has 0 radical (unpaired) electrons. The minimum atomic E-state index is 0.728. The summed E-state index contributed by atoms with van der Waals surface area (Å²) >= 11 is 1.90. The number of nitrogens with zero attached hydrogens (tertiary/aromatic N) is 2. The minimum absolute atomic E-state index is 0.728. The lowest BCUT2D eigenvalue weighted by Crippen LogP contribution is -2.09. The maximum Gasteiger partial charge on any atom is 0.138 e. The summed E-state index contributed by atoms with van der Waals surface area (Å²) in [6.45, 7) is 7.30. The highest BCUT2D eigenvalue weighted by Crippen LogP contribution is 2.13. The predicted molar refractivity (Wildman–Crippen MR) is 70.5 cm³/mol. The van der Waals surface area contributed by atoms with Crippen LogP contribution >= 0.6 is 11.8 Å². The number of nitrogens with one attached hydrogen (secondary N) is 1. The molecule has 0 aliphatic carbocycles. The van der Waals surface area contributed by atoms with E-state index in [1.807, 2.05) is 31.8 Å². The van der Waals surface area contributed by atoms with Gasteiger partial charge in [-0.1, -0.05) is 13.8 Å². The first-order valence-electron chi connectivity index (χ1n) is 5.67. The lowest BCUT2D eigenvalue weighted by Gasteiger charge is -2.06. The third-order valence-electron chi connectivity index (χ3n) is 1.99. The molecule has 0 saturated carbocycles. The molecule has 0 aliphatic heterocycles. The Bertz CT molecular complexity index is 326. The second-order valence-electron chi connectivity index (χ2n) is 4.36. The van der Waals surface area contributed by atoms with Gasteiger partial charge in [-0.05, 0) is 31.7 Å². The van der Waals surface area contributed by atoms with Crippen LogP contribution in [0.1, 0.15) is 31.1 Å². The number of aryl methyl sites for hydroxylation is 1. The Labute approximate surface area is 102 Å². The van der Waals surface area contributed by atoms with Gasteiger partial charge in [0.15, 0.2) is 0 Å². The fourth-order valence-corrected chi connectivity index (χ4v) is 2.32. The van der Waals surface area contributed by atoms with Crippen molar-refractivity contribution >= 4 is 11.8 Å². The van der Waals surface area contributed by atoms with Gasteiger partial charge in [0.1, 0.15) is 5.82 Å². The lowest BCUT2D eigenvalue weighted by atomic mass is 10.3. The smallest absolute Gasteiger partial charge is 0.138 e. The van der Waals surface area contributed by atoms with E-state index in [9.17, 15) is 0 Å². The average Bonchev–Trinajstić information content (AvgIpc) is 2.16. The van der Waals surface area contributed by atoms with Crippen LogP contribution in [0.2, 0.25) is 0 Å². The largest absolute Gasteiger partial charge is 0.314 e. The van der Waals surface area contributed by atoms with Crippen molar-refractivity contribution in [2.24, 2.45) is 5.92 Å². The van der Waals surface area contributed by atoms with Gasteiger partial charge in [-0.2, -0.15) is 11.8 Å². The Morgan fingerprint density at radius 2 is 2.12 bits per heavy atom. The van der Waals surface area contributed by atoms with Gasteiger partial charge in [-0.15, -0.1) is 0 Å². The van der Waals surface area contributed by atoms with Gasteiger partial charge in [-0.3, -0.25) is 0 Å². The van der Waals surface area contributed by atoms with Crippen molar-refractivity contribution in [3.8, 4) is 0 Å². The summed E-state index contributed by atoms with van der Waals surface area (Å²) < 4.78 is 0. The first-order chi connectivity index (χ1) is 7.61. The molecule has 0 amide bonds. The second kappa shape index (κ2) is 6.86. The van der Waals surface area contributed by atoms with Gasteiger partial charge in [0, 0.05) is 12.2 Å². The Kier molecular flexibility index (Phi) is 5.77. The predicted octanol–water partition coefficient (Wildman–Crippen LogP) is 2.39. The lowest BCUT2D eigenvalue weighted by molar-refractivity contribution is 0.748. The fraction of sp³-hybridized carbons (Fsp3) is 0.667. The molecule has 0 fully saturated rings. The van der Waals surface area contributed by atoms with Crippen LogP contribution < -0.4 is 5.32 Å². The summed E-state index contributed by atoms with van der Waals surface area (Å²) in [6, 6.07) is 2.03. The highest BCUT2D eigenvalue weighted by Gasteiger charge is 2.03. The third-order valence-corrected chi connectivity index (χ3v) is 3.36. The van der Waals surface area contributed by atoms with E-state index < -0.39 is 0 Å². The molecule has 1 N–H and O–H groups in total. The molecule has 1 aromatic rings. The van der Waals surface area contributed by atoms with E-state index in [4.69, 9.17) is 0 Å². The maximum absolute atomic E-state index is 4.53. The molecule has 0 saturated heterocycles. The van der Waals surface area contributed by atoms with Crippen molar-refractivity contribution in [2.45, 2.75) is 33.1 Å². The van der Waals surface area contributed by atoms with Gasteiger partial charge < -0.3 is 5.32 Å². The zero-order chi connectivity index (χ0) is 12.0. The van der Waals surface area contributed by atoms with Crippen molar-refractivity contribution < 1.29 is 0 Å². The zero-order valence-corrected chi connectivity index (χ0v) is 11.4. The molecule has 1 rings (SSSR count). The first kappa shape index (κ1) is 13.5. The van der Waals surface area contributed by atoms with Crippen LogP contribution in [0.15, 0.2) is 6.07 Å². The summed E-state index contributed by atoms with van der Waals surface area (Å²) in [7, 11) is 1.94. The fourth-order valence-electron chi connectivity index (χ4n) is 1.42. The van der Waals surface area contributed by atoms with E-state index in [0.29, 0.717) is 0 Å². The molecule has 1 heterocycles. The Morgan fingerprint density at radius 1 is 1.38 bits per heavy atom. The van der Waals surface area contributed by atoms with E-state index in [0.717, 1.165) is 35.4 Å². The molecule has 1 aromatic heterocycles. The van der Waals surface area contributed by atoms with Crippen LogP contribution in [-0.4, -0.2) is 22.8 Å². The molecule has 0 spiro atoms. The normalized spacial score (nSPS) is 11.1. The van der Waals surface area contributed by atoms with Crippen LogP contribution in [-0.2, 0) is 12.3 Å². The summed E-state index contributed by atoms with van der Waals surface area (Å²) in [6.07, 6.45) is 0. The maximum atomic E-state index is 4.53. The van der Waals surface area contributed by atoms with E-state index in [1.165, 1.54) is 5.75 Å². The van der Waals surface area contributed by atoms with Crippen molar-refractivity contribution in [2.75, 3.05) is 12.8 Å². The summed E-state index contributed by atoms with van der Waals surface area (Å²) in [5, 5.41) is 3.12. The molecule has 0 bridgehead atoms. The van der Waals surface area contributed by atoms with Gasteiger partial charge in [0.25, 0.3) is 0 Å². The molecule has 0 unspecified atom stereocenters. The van der Waals surface area contributed by atoms with Crippen LogP contribution in [0, 0.1) is 12.8 Å². The first-order valence-corrected chi connectivity index (χ1v) is 6.83. The zero-order valence-electron chi connectivity index (χ0n) is 10.6. The standard InChI is InChI=1S/C12H21N3S/c1-9(2)7-16-8-12-14-10(3)5-11(15-12)6-13-4/h5,9,13H,6-8H2,1-4H3. The third kappa shape index (κ3) is 4.94. The number of hydrogen-bond acceptors (Lipinski definition) is 4. The van der Waals surface area contributed by atoms with E-state index in [1.54, 1.807) is 0 Å². The molecule has 0 atom stereocenters. The van der Waals surface area contributed by atoms with Crippen LogP contribution in [0.5, 0.6) is 0 Å². The Balaban J connectivity index is 2.58.